The molecule has 0 saturated carbocycles. The van der Waals surface area contributed by atoms with Gasteiger partial charge in [0, 0.05) is 24.2 Å². The number of hydrogen-bond acceptors (Lipinski definition) is 3. The number of para-hydroxylation sites is 1. The fraction of sp³-hybridized carbons (Fsp3) is 0.409. The Morgan fingerprint density at radius 1 is 1.00 bits per heavy atom. The zero-order chi connectivity index (χ0) is 17.8. The third kappa shape index (κ3) is 4.45. The zero-order valence-corrected chi connectivity index (χ0v) is 16.3. The van der Waals surface area contributed by atoms with E-state index in [1.165, 1.54) is 0 Å². The molecule has 2 unspecified atom stereocenters. The van der Waals surface area contributed by atoms with Crippen LogP contribution in [0.25, 0.3) is 11.1 Å². The van der Waals surface area contributed by atoms with E-state index in [4.69, 9.17) is 4.74 Å². The molecule has 1 N–H and O–H groups in total. The van der Waals surface area contributed by atoms with Gasteiger partial charge in [-0.1, -0.05) is 48.5 Å². The van der Waals surface area contributed by atoms with Gasteiger partial charge in [-0.05, 0) is 37.4 Å². The average molecular weight is 387 g/mol. The third-order valence-electron chi connectivity index (χ3n) is 5.49. The Bertz CT molecular complexity index is 739. The van der Waals surface area contributed by atoms with Crippen LogP contribution in [0.3, 0.4) is 0 Å². The molecule has 2 aliphatic heterocycles. The highest BCUT2D eigenvalue weighted by Gasteiger charge is 2.37. The van der Waals surface area contributed by atoms with E-state index in [0.29, 0.717) is 25.1 Å². The van der Waals surface area contributed by atoms with Crippen molar-refractivity contribution in [3.05, 3.63) is 54.6 Å². The molecule has 2 aromatic carbocycles. The van der Waals surface area contributed by atoms with Gasteiger partial charge in [0.1, 0.15) is 5.75 Å². The van der Waals surface area contributed by atoms with Crippen molar-refractivity contribution in [2.24, 2.45) is 0 Å². The number of nitrogens with one attached hydrogen (secondary N) is 1. The molecule has 0 radical (unpaired) electrons. The van der Waals surface area contributed by atoms with Gasteiger partial charge in [-0.25, -0.2) is 0 Å². The molecule has 2 aromatic rings. The number of rotatable bonds is 5. The number of hydrogen-bond donors (Lipinski definition) is 1. The van der Waals surface area contributed by atoms with Crippen molar-refractivity contribution in [2.45, 2.75) is 37.8 Å². The first kappa shape index (κ1) is 19.7. The molecule has 0 spiro atoms. The van der Waals surface area contributed by atoms with E-state index < -0.39 is 0 Å². The SMILES string of the molecule is Cl.O=C(CCOc1ccccc1-c1ccccc1)N1C2CCNCC1CC2. The van der Waals surface area contributed by atoms with Gasteiger partial charge in [0.25, 0.3) is 0 Å². The van der Waals surface area contributed by atoms with Crippen LogP contribution in [0.15, 0.2) is 54.6 Å². The minimum absolute atomic E-state index is 0. The minimum Gasteiger partial charge on any atom is -0.492 e. The monoisotopic (exact) mass is 386 g/mol. The summed E-state index contributed by atoms with van der Waals surface area (Å²) in [7, 11) is 0. The van der Waals surface area contributed by atoms with E-state index in [9.17, 15) is 4.79 Å². The van der Waals surface area contributed by atoms with E-state index in [1.54, 1.807) is 0 Å². The molecular formula is C22H27ClN2O2. The Kier molecular flexibility index (Phi) is 6.75. The summed E-state index contributed by atoms with van der Waals surface area (Å²) < 4.78 is 6.01. The van der Waals surface area contributed by atoms with Crippen LogP contribution in [0, 0.1) is 0 Å². The largest absolute Gasteiger partial charge is 0.492 e. The van der Waals surface area contributed by atoms with Crippen LogP contribution in [0.4, 0.5) is 0 Å². The zero-order valence-electron chi connectivity index (χ0n) is 15.5. The number of amides is 1. The van der Waals surface area contributed by atoms with Crippen molar-refractivity contribution in [3.63, 3.8) is 0 Å². The smallest absolute Gasteiger partial charge is 0.226 e. The predicted octanol–water partition coefficient (Wildman–Crippen LogP) is 3.90. The molecule has 0 aliphatic carbocycles. The van der Waals surface area contributed by atoms with Crippen LogP contribution in [-0.2, 0) is 4.79 Å². The molecule has 2 aliphatic rings. The summed E-state index contributed by atoms with van der Waals surface area (Å²) in [6, 6.07) is 19.0. The fourth-order valence-corrected chi connectivity index (χ4v) is 4.22. The van der Waals surface area contributed by atoms with Crippen LogP contribution >= 0.6 is 12.4 Å². The molecule has 1 amide bonds. The van der Waals surface area contributed by atoms with Crippen molar-refractivity contribution >= 4 is 18.3 Å². The number of carbonyl (C=O) groups is 1. The summed E-state index contributed by atoms with van der Waals surface area (Å²) in [6.07, 6.45) is 3.78. The molecule has 5 heteroatoms. The van der Waals surface area contributed by atoms with E-state index in [1.807, 2.05) is 36.4 Å². The Morgan fingerprint density at radius 3 is 2.59 bits per heavy atom. The molecule has 4 nitrogen and oxygen atoms in total. The summed E-state index contributed by atoms with van der Waals surface area (Å²) >= 11 is 0. The Hall–Kier alpha value is -2.04. The Labute approximate surface area is 167 Å². The molecule has 2 fully saturated rings. The molecular weight excluding hydrogens is 360 g/mol. The standard InChI is InChI=1S/C22H26N2O2.ClH/c25-22(24-18-10-11-19(24)16-23-14-12-18)13-15-26-21-9-5-4-8-20(21)17-6-2-1-3-7-17;/h1-9,18-19,23H,10-16H2;1H. The van der Waals surface area contributed by atoms with Crippen molar-refractivity contribution in [1.82, 2.24) is 10.2 Å². The number of benzene rings is 2. The van der Waals surface area contributed by atoms with Crippen molar-refractivity contribution < 1.29 is 9.53 Å². The fourth-order valence-electron chi connectivity index (χ4n) is 4.22. The van der Waals surface area contributed by atoms with Crippen LogP contribution in [-0.4, -0.2) is 42.6 Å². The summed E-state index contributed by atoms with van der Waals surface area (Å²) in [5.74, 6) is 1.07. The van der Waals surface area contributed by atoms with Crippen LogP contribution in [0.5, 0.6) is 5.75 Å². The van der Waals surface area contributed by atoms with Gasteiger partial charge >= 0.3 is 0 Å². The average Bonchev–Trinajstić information content (AvgIpc) is 2.95. The summed E-state index contributed by atoms with van der Waals surface area (Å²) in [5.41, 5.74) is 2.20. The Balaban J connectivity index is 0.00000210. The summed E-state index contributed by atoms with van der Waals surface area (Å²) in [5, 5.41) is 3.45. The molecule has 4 rings (SSSR count). The van der Waals surface area contributed by atoms with Crippen molar-refractivity contribution in [3.8, 4) is 16.9 Å². The lowest BCUT2D eigenvalue weighted by Crippen LogP contribution is -2.42. The maximum Gasteiger partial charge on any atom is 0.226 e. The van der Waals surface area contributed by atoms with Crippen LogP contribution < -0.4 is 10.1 Å². The van der Waals surface area contributed by atoms with Crippen LogP contribution in [0.1, 0.15) is 25.7 Å². The van der Waals surface area contributed by atoms with Crippen molar-refractivity contribution in [2.75, 3.05) is 19.7 Å². The number of carbonyl (C=O) groups excluding carboxylic acids is 1. The van der Waals surface area contributed by atoms with Gasteiger partial charge in [-0.2, -0.15) is 0 Å². The van der Waals surface area contributed by atoms with Crippen molar-refractivity contribution in [1.29, 1.82) is 0 Å². The van der Waals surface area contributed by atoms with Gasteiger partial charge in [0.05, 0.1) is 13.0 Å². The molecule has 2 bridgehead atoms. The van der Waals surface area contributed by atoms with Gasteiger partial charge in [-0.3, -0.25) is 4.79 Å². The van der Waals surface area contributed by atoms with Gasteiger partial charge in [0.2, 0.25) is 5.91 Å². The summed E-state index contributed by atoms with van der Waals surface area (Å²) in [4.78, 5) is 14.9. The number of fused-ring (bicyclic) bond motifs is 2. The van der Waals surface area contributed by atoms with E-state index in [0.717, 1.165) is 49.2 Å². The molecule has 27 heavy (non-hydrogen) atoms. The third-order valence-corrected chi connectivity index (χ3v) is 5.49. The maximum absolute atomic E-state index is 12.8. The van der Waals surface area contributed by atoms with E-state index >= 15 is 0 Å². The topological polar surface area (TPSA) is 41.6 Å². The molecule has 2 atom stereocenters. The minimum atomic E-state index is 0. The van der Waals surface area contributed by atoms with Gasteiger partial charge < -0.3 is 15.0 Å². The molecule has 2 heterocycles. The predicted molar refractivity (Wildman–Crippen MR) is 110 cm³/mol. The quantitative estimate of drug-likeness (QED) is 0.847. The number of halogens is 1. The normalized spacial score (nSPS) is 21.3. The first-order valence-corrected chi connectivity index (χ1v) is 9.62. The second-order valence-electron chi connectivity index (χ2n) is 7.14. The Morgan fingerprint density at radius 2 is 1.74 bits per heavy atom. The lowest BCUT2D eigenvalue weighted by Gasteiger charge is -2.28. The van der Waals surface area contributed by atoms with E-state index in [-0.39, 0.29) is 18.3 Å². The lowest BCUT2D eigenvalue weighted by molar-refractivity contribution is -0.134. The second kappa shape index (κ2) is 9.25. The first-order valence-electron chi connectivity index (χ1n) is 9.62. The summed E-state index contributed by atoms with van der Waals surface area (Å²) in [6.45, 7) is 2.37. The number of ether oxygens (including phenoxy) is 1. The van der Waals surface area contributed by atoms with Crippen LogP contribution in [0.2, 0.25) is 0 Å². The highest BCUT2D eigenvalue weighted by Crippen LogP contribution is 2.31. The molecule has 2 saturated heterocycles. The van der Waals surface area contributed by atoms with Gasteiger partial charge in [-0.15, -0.1) is 12.4 Å². The second-order valence-corrected chi connectivity index (χ2v) is 7.14. The lowest BCUT2D eigenvalue weighted by atomic mass is 10.1. The number of nitrogens with zero attached hydrogens (tertiary/aromatic N) is 1. The molecule has 144 valence electrons. The highest BCUT2D eigenvalue weighted by atomic mass is 35.5. The first-order chi connectivity index (χ1) is 12.8. The van der Waals surface area contributed by atoms with E-state index in [2.05, 4.69) is 28.4 Å². The molecule has 0 aromatic heterocycles. The highest BCUT2D eigenvalue weighted by molar-refractivity contribution is 5.85. The maximum atomic E-state index is 12.8. The van der Waals surface area contributed by atoms with Gasteiger partial charge in [0.15, 0.2) is 0 Å².